The molecule has 20 heavy (non-hydrogen) atoms. The van der Waals surface area contributed by atoms with Crippen LogP contribution in [0.2, 0.25) is 0 Å². The lowest BCUT2D eigenvalue weighted by atomic mass is 10.3. The molecule has 0 aliphatic carbocycles. The molecule has 0 unspecified atom stereocenters. The molecule has 1 aliphatic rings. The van der Waals surface area contributed by atoms with Crippen molar-refractivity contribution in [3.05, 3.63) is 12.4 Å². The normalized spacial score (nSPS) is 15.2. The van der Waals surface area contributed by atoms with E-state index in [1.807, 2.05) is 0 Å². The Bertz CT molecular complexity index is 469. The van der Waals surface area contributed by atoms with Crippen molar-refractivity contribution in [2.75, 3.05) is 20.3 Å². The highest BCUT2D eigenvalue weighted by Gasteiger charge is 2.13. The van der Waals surface area contributed by atoms with E-state index < -0.39 is 20.8 Å². The molecule has 0 aromatic carbocycles. The number of rotatable bonds is 6. The van der Waals surface area contributed by atoms with Crippen LogP contribution in [0.5, 0.6) is 0 Å². The number of hydrogen-bond donors (Lipinski definition) is 2. The van der Waals surface area contributed by atoms with E-state index in [0.29, 0.717) is 0 Å². The lowest BCUT2D eigenvalue weighted by Gasteiger charge is -2.17. The lowest BCUT2D eigenvalue weighted by molar-refractivity contribution is -0.105. The Morgan fingerprint density at radius 2 is 1.60 bits per heavy atom. The minimum atomic E-state index is -5.02. The average molecular weight is 334 g/mol. The molecule has 2 N–H and O–H groups in total. The molecule has 0 aromatic rings. The third-order valence-electron chi connectivity index (χ3n) is 1.94. The van der Waals surface area contributed by atoms with Crippen molar-refractivity contribution in [1.29, 1.82) is 0 Å². The summed E-state index contributed by atoms with van der Waals surface area (Å²) in [6.07, 6.45) is 6.87. The van der Waals surface area contributed by atoms with Crippen molar-refractivity contribution in [2.24, 2.45) is 0 Å². The van der Waals surface area contributed by atoms with Crippen molar-refractivity contribution < 1.29 is 34.6 Å². The summed E-state index contributed by atoms with van der Waals surface area (Å²) in [6, 6.07) is 0. The summed E-state index contributed by atoms with van der Waals surface area (Å²) in [5.74, 6) is 0. The number of nitrogens with zero attached hydrogens (tertiary/aromatic N) is 2. The molecule has 1 rings (SSSR count). The van der Waals surface area contributed by atoms with Crippen LogP contribution in [-0.2, 0) is 29.5 Å². The van der Waals surface area contributed by atoms with Gasteiger partial charge >= 0.3 is 20.8 Å². The molecule has 0 fully saturated rings. The fraction of sp³-hybridized carbons (Fsp3) is 0.750. The Balaban J connectivity index is 0.000000361. The Labute approximate surface area is 118 Å². The maximum atomic E-state index is 9.51. The van der Waals surface area contributed by atoms with Crippen LogP contribution < -0.4 is 0 Å². The summed E-state index contributed by atoms with van der Waals surface area (Å²) in [7, 11) is -7.94. The predicted octanol–water partition coefficient (Wildman–Crippen LogP) is 0.00280. The summed E-state index contributed by atoms with van der Waals surface area (Å²) >= 11 is 0. The summed E-state index contributed by atoms with van der Waals surface area (Å²) in [4.78, 5) is 4.53. The number of unbranched alkanes of at least 4 members (excludes halogenated alkanes) is 1. The first-order valence-corrected chi connectivity index (χ1v) is 8.21. The second kappa shape index (κ2) is 8.39. The van der Waals surface area contributed by atoms with Crippen molar-refractivity contribution >= 4 is 20.8 Å². The monoisotopic (exact) mass is 334 g/mol. The molecule has 0 bridgehead atoms. The average Bonchev–Trinajstić information content (AvgIpc) is 2.69. The van der Waals surface area contributed by atoms with E-state index in [0.717, 1.165) is 6.67 Å². The third-order valence-corrected chi connectivity index (χ3v) is 2.50. The molecule has 0 amide bonds. The topological polar surface area (TPSA) is 134 Å². The Hall–Kier alpha value is -0.920. The predicted molar refractivity (Wildman–Crippen MR) is 68.7 cm³/mol. The van der Waals surface area contributed by atoms with Gasteiger partial charge in [0.2, 0.25) is 0 Å². The molecular weight excluding hydrogens is 316 g/mol. The molecule has 1 aliphatic heterocycles. The fourth-order valence-electron chi connectivity index (χ4n) is 1.17. The Kier molecular flexibility index (Phi) is 8.00. The molecule has 12 heteroatoms. The summed E-state index contributed by atoms with van der Waals surface area (Å²) in [5.41, 5.74) is 0. The van der Waals surface area contributed by atoms with Gasteiger partial charge in [-0.15, -0.1) is 0 Å². The molecule has 0 radical (unpaired) electrons. The largest absolute Gasteiger partial charge is 0.425 e. The Morgan fingerprint density at radius 1 is 1.10 bits per heavy atom. The zero-order valence-corrected chi connectivity index (χ0v) is 12.7. The van der Waals surface area contributed by atoms with E-state index in [-0.39, 0.29) is 0 Å². The standard InChI is InChI=1S/C8H16N2.H2O8S2/c1-3-4-5-10-7-6-9(2)8-10;1-9(2,3)7-8-10(4,5)6/h6-7H,3-5,8H2,1-2H3;(H,1,2,3)(H,4,5,6). The molecule has 120 valence electrons. The molecule has 0 saturated carbocycles. The van der Waals surface area contributed by atoms with Crippen LogP contribution in [0.3, 0.4) is 0 Å². The fourth-order valence-corrected chi connectivity index (χ4v) is 1.73. The summed E-state index contributed by atoms with van der Waals surface area (Å²) < 4.78 is 58.9. The van der Waals surface area contributed by atoms with E-state index in [1.54, 1.807) is 0 Å². The number of hydrogen-bond acceptors (Lipinski definition) is 8. The minimum Gasteiger partial charge on any atom is -0.362 e. The first-order valence-electron chi connectivity index (χ1n) is 5.48. The zero-order chi connectivity index (χ0) is 15.8. The highest BCUT2D eigenvalue weighted by atomic mass is 32.3. The third kappa shape index (κ3) is 12.1. The van der Waals surface area contributed by atoms with E-state index in [1.165, 1.54) is 19.4 Å². The quantitative estimate of drug-likeness (QED) is 0.388. The van der Waals surface area contributed by atoms with Crippen molar-refractivity contribution in [1.82, 2.24) is 9.80 Å². The van der Waals surface area contributed by atoms with Crippen LogP contribution in [0, 0.1) is 0 Å². The van der Waals surface area contributed by atoms with Gasteiger partial charge in [0.05, 0.1) is 6.67 Å². The molecule has 0 spiro atoms. The van der Waals surface area contributed by atoms with E-state index in [4.69, 9.17) is 9.11 Å². The van der Waals surface area contributed by atoms with Crippen LogP contribution in [0.1, 0.15) is 19.8 Å². The van der Waals surface area contributed by atoms with Gasteiger partial charge < -0.3 is 9.80 Å². The first kappa shape index (κ1) is 19.1. The molecule has 0 atom stereocenters. The molecule has 10 nitrogen and oxygen atoms in total. The maximum Gasteiger partial charge on any atom is 0.425 e. The second-order valence-electron chi connectivity index (χ2n) is 3.85. The summed E-state index contributed by atoms with van der Waals surface area (Å²) in [6.45, 7) is 4.50. The smallest absolute Gasteiger partial charge is 0.362 e. The van der Waals surface area contributed by atoms with Gasteiger partial charge in [-0.25, -0.2) is 0 Å². The second-order valence-corrected chi connectivity index (χ2v) is 5.84. The first-order chi connectivity index (χ1) is 9.03. The highest BCUT2D eigenvalue weighted by molar-refractivity contribution is 7.83. The van der Waals surface area contributed by atoms with Gasteiger partial charge in [-0.1, -0.05) is 22.0 Å². The van der Waals surface area contributed by atoms with Crippen molar-refractivity contribution in [3.63, 3.8) is 0 Å². The van der Waals surface area contributed by atoms with Gasteiger partial charge in [-0.2, -0.15) is 16.8 Å². The highest BCUT2D eigenvalue weighted by Crippen LogP contribution is 2.04. The van der Waals surface area contributed by atoms with E-state index >= 15 is 0 Å². The zero-order valence-electron chi connectivity index (χ0n) is 11.0. The van der Waals surface area contributed by atoms with Crippen LogP contribution >= 0.6 is 0 Å². The lowest BCUT2D eigenvalue weighted by Crippen LogP contribution is -2.23. The van der Waals surface area contributed by atoms with Gasteiger partial charge in [0, 0.05) is 26.0 Å². The minimum absolute atomic E-state index is 1.07. The van der Waals surface area contributed by atoms with Gasteiger partial charge in [0.15, 0.2) is 0 Å². The van der Waals surface area contributed by atoms with Gasteiger partial charge in [-0.05, 0) is 6.42 Å². The Morgan fingerprint density at radius 3 is 1.90 bits per heavy atom. The van der Waals surface area contributed by atoms with Crippen molar-refractivity contribution in [3.8, 4) is 0 Å². The van der Waals surface area contributed by atoms with Crippen LogP contribution in [0.25, 0.3) is 0 Å². The molecule has 0 aromatic heterocycles. The van der Waals surface area contributed by atoms with Crippen LogP contribution in [0.15, 0.2) is 12.4 Å². The van der Waals surface area contributed by atoms with Crippen LogP contribution in [0.4, 0.5) is 0 Å². The SMILES string of the molecule is CCCCN1C=CN(C)C1.O=S(=O)(O)OOS(=O)(=O)O. The molecule has 0 saturated heterocycles. The van der Waals surface area contributed by atoms with Gasteiger partial charge in [0.25, 0.3) is 0 Å². The van der Waals surface area contributed by atoms with Crippen molar-refractivity contribution in [2.45, 2.75) is 19.8 Å². The van der Waals surface area contributed by atoms with Crippen LogP contribution in [-0.4, -0.2) is 56.0 Å². The molecular formula is C8H18N2O8S2. The van der Waals surface area contributed by atoms with E-state index in [2.05, 4.69) is 44.8 Å². The van der Waals surface area contributed by atoms with Gasteiger partial charge in [0.1, 0.15) is 0 Å². The molecule has 1 heterocycles. The summed E-state index contributed by atoms with van der Waals surface area (Å²) in [5, 5.41) is 0. The van der Waals surface area contributed by atoms with Gasteiger partial charge in [-0.3, -0.25) is 9.11 Å². The maximum absolute atomic E-state index is 9.51. The van der Waals surface area contributed by atoms with E-state index in [9.17, 15) is 16.8 Å².